The van der Waals surface area contributed by atoms with Crippen molar-refractivity contribution >= 4 is 33.2 Å². The highest BCUT2D eigenvalue weighted by Crippen LogP contribution is 2.29. The second-order valence-corrected chi connectivity index (χ2v) is 8.87. The van der Waals surface area contributed by atoms with E-state index in [1.165, 1.54) is 38.3 Å². The van der Waals surface area contributed by atoms with Gasteiger partial charge in [-0.2, -0.15) is 0 Å². The van der Waals surface area contributed by atoms with E-state index in [-0.39, 0.29) is 27.7 Å². The molecule has 0 aliphatic rings. The van der Waals surface area contributed by atoms with E-state index in [0.717, 1.165) is 5.56 Å². The highest BCUT2D eigenvalue weighted by Gasteiger charge is 2.20. The lowest BCUT2D eigenvalue weighted by Gasteiger charge is -2.15. The molecule has 0 heterocycles. The van der Waals surface area contributed by atoms with Crippen molar-refractivity contribution in [1.82, 2.24) is 5.32 Å². The summed E-state index contributed by atoms with van der Waals surface area (Å²) in [7, 11) is -2.64. The first-order chi connectivity index (χ1) is 15.8. The molecule has 3 aromatic carbocycles. The Bertz CT molecular complexity index is 1240. The number of nitrogens with one attached hydrogen (secondary N) is 3. The van der Waals surface area contributed by atoms with Crippen molar-refractivity contribution in [1.29, 1.82) is 0 Å². The van der Waals surface area contributed by atoms with Crippen molar-refractivity contribution < 1.29 is 22.7 Å². The minimum atomic E-state index is -4.05. The second kappa shape index (κ2) is 10.6. The van der Waals surface area contributed by atoms with E-state index in [0.29, 0.717) is 18.7 Å². The Morgan fingerprint density at radius 3 is 2.30 bits per heavy atom. The van der Waals surface area contributed by atoms with Crippen molar-refractivity contribution in [2.45, 2.75) is 18.2 Å². The molecular formula is C24H25N3O5S. The normalized spacial score (nSPS) is 10.8. The number of methoxy groups -OCH3 is 1. The highest BCUT2D eigenvalue weighted by molar-refractivity contribution is 7.92. The van der Waals surface area contributed by atoms with Crippen LogP contribution in [0.2, 0.25) is 0 Å². The maximum Gasteiger partial charge on any atom is 0.261 e. The lowest BCUT2D eigenvalue weighted by molar-refractivity contribution is -0.114. The van der Waals surface area contributed by atoms with Crippen LogP contribution in [0.4, 0.5) is 11.4 Å². The summed E-state index contributed by atoms with van der Waals surface area (Å²) in [6, 6.07) is 20.2. The van der Waals surface area contributed by atoms with Gasteiger partial charge in [-0.3, -0.25) is 14.3 Å². The van der Waals surface area contributed by atoms with Gasteiger partial charge in [0, 0.05) is 13.5 Å². The van der Waals surface area contributed by atoms with Crippen molar-refractivity contribution in [2.75, 3.05) is 23.7 Å². The molecule has 8 nitrogen and oxygen atoms in total. The van der Waals surface area contributed by atoms with Crippen molar-refractivity contribution in [3.8, 4) is 5.75 Å². The summed E-state index contributed by atoms with van der Waals surface area (Å²) in [5.74, 6) is -0.437. The summed E-state index contributed by atoms with van der Waals surface area (Å²) in [6.07, 6.45) is 0.651. The molecule has 0 saturated carbocycles. The summed E-state index contributed by atoms with van der Waals surface area (Å²) in [5.41, 5.74) is 1.65. The zero-order valence-corrected chi connectivity index (χ0v) is 19.1. The van der Waals surface area contributed by atoms with E-state index >= 15 is 0 Å². The van der Waals surface area contributed by atoms with Gasteiger partial charge >= 0.3 is 0 Å². The molecule has 0 atom stereocenters. The first kappa shape index (κ1) is 23.8. The van der Waals surface area contributed by atoms with Gasteiger partial charge in [0.2, 0.25) is 5.91 Å². The number of sulfonamides is 1. The zero-order valence-electron chi connectivity index (χ0n) is 18.3. The molecule has 0 spiro atoms. The molecule has 0 bridgehead atoms. The standard InChI is InChI=1S/C24H25N3O5S/c1-17(28)26-22-16-19(12-13-23(22)32-2)33(30,31)27-21-11-7-6-10-20(21)24(29)25-15-14-18-8-4-3-5-9-18/h3-13,16,27H,14-15H2,1-2H3,(H,25,29)(H,26,28). The highest BCUT2D eigenvalue weighted by atomic mass is 32.2. The minimum absolute atomic E-state index is 0.0914. The first-order valence-corrected chi connectivity index (χ1v) is 11.7. The zero-order chi connectivity index (χ0) is 23.8. The molecule has 0 aromatic heterocycles. The van der Waals surface area contributed by atoms with Crippen LogP contribution in [0.15, 0.2) is 77.7 Å². The van der Waals surface area contributed by atoms with Crippen LogP contribution in [0.5, 0.6) is 5.75 Å². The lowest BCUT2D eigenvalue weighted by Crippen LogP contribution is -2.27. The van der Waals surface area contributed by atoms with E-state index < -0.39 is 15.9 Å². The van der Waals surface area contributed by atoms with E-state index in [4.69, 9.17) is 4.74 Å². The van der Waals surface area contributed by atoms with E-state index in [1.807, 2.05) is 30.3 Å². The summed E-state index contributed by atoms with van der Waals surface area (Å²) in [6.45, 7) is 1.72. The molecule has 2 amide bonds. The average Bonchev–Trinajstić information content (AvgIpc) is 2.79. The molecular weight excluding hydrogens is 442 g/mol. The molecule has 0 fully saturated rings. The first-order valence-electron chi connectivity index (χ1n) is 10.2. The van der Waals surface area contributed by atoms with E-state index in [2.05, 4.69) is 15.4 Å². The molecule has 3 rings (SSSR count). The third-order valence-corrected chi connectivity index (χ3v) is 6.11. The molecule has 3 N–H and O–H groups in total. The van der Waals surface area contributed by atoms with Crippen LogP contribution in [-0.4, -0.2) is 33.9 Å². The van der Waals surface area contributed by atoms with Crippen LogP contribution in [0, 0.1) is 0 Å². The monoisotopic (exact) mass is 467 g/mol. The summed E-state index contributed by atoms with van der Waals surface area (Å²) >= 11 is 0. The van der Waals surface area contributed by atoms with E-state index in [9.17, 15) is 18.0 Å². The maximum atomic E-state index is 13.0. The molecule has 0 unspecified atom stereocenters. The van der Waals surface area contributed by atoms with Crippen LogP contribution < -0.4 is 20.1 Å². The number of carbonyl (C=O) groups is 2. The van der Waals surface area contributed by atoms with Gasteiger partial charge < -0.3 is 15.4 Å². The Balaban J connectivity index is 1.78. The van der Waals surface area contributed by atoms with Crippen LogP contribution >= 0.6 is 0 Å². The topological polar surface area (TPSA) is 114 Å². The second-order valence-electron chi connectivity index (χ2n) is 7.19. The number of benzene rings is 3. The quantitative estimate of drug-likeness (QED) is 0.446. The fraction of sp³-hybridized carbons (Fsp3) is 0.167. The molecule has 3 aromatic rings. The maximum absolute atomic E-state index is 13.0. The Hall–Kier alpha value is -3.85. The molecule has 9 heteroatoms. The van der Waals surface area contributed by atoms with Crippen LogP contribution in [-0.2, 0) is 21.2 Å². The van der Waals surface area contributed by atoms with Crippen molar-refractivity contribution in [3.05, 3.63) is 83.9 Å². The largest absolute Gasteiger partial charge is 0.495 e. The number of hydrogen-bond donors (Lipinski definition) is 3. The molecule has 0 saturated heterocycles. The number of hydrogen-bond acceptors (Lipinski definition) is 5. The number of rotatable bonds is 9. The van der Waals surface area contributed by atoms with Gasteiger partial charge in [-0.25, -0.2) is 8.42 Å². The SMILES string of the molecule is COc1ccc(S(=O)(=O)Nc2ccccc2C(=O)NCCc2ccccc2)cc1NC(C)=O. The van der Waals surface area contributed by atoms with Gasteiger partial charge in [0.05, 0.1) is 28.9 Å². The number of ether oxygens (including phenoxy) is 1. The summed E-state index contributed by atoms with van der Waals surface area (Å²) in [4.78, 5) is 24.1. The average molecular weight is 468 g/mol. The van der Waals surface area contributed by atoms with Gasteiger partial charge in [-0.05, 0) is 42.3 Å². The Morgan fingerprint density at radius 2 is 1.61 bits per heavy atom. The lowest BCUT2D eigenvalue weighted by atomic mass is 10.1. The van der Waals surface area contributed by atoms with Gasteiger partial charge in [0.1, 0.15) is 5.75 Å². The Morgan fingerprint density at radius 1 is 0.909 bits per heavy atom. The Labute approximate surface area is 193 Å². The number of carbonyl (C=O) groups excluding carboxylic acids is 2. The van der Waals surface area contributed by atoms with Gasteiger partial charge in [-0.15, -0.1) is 0 Å². The fourth-order valence-electron chi connectivity index (χ4n) is 3.18. The molecule has 0 radical (unpaired) electrons. The molecule has 33 heavy (non-hydrogen) atoms. The third-order valence-electron chi connectivity index (χ3n) is 4.75. The van der Waals surface area contributed by atoms with Crippen LogP contribution in [0.3, 0.4) is 0 Å². The molecule has 0 aliphatic carbocycles. The van der Waals surface area contributed by atoms with E-state index in [1.54, 1.807) is 18.2 Å². The van der Waals surface area contributed by atoms with Gasteiger partial charge in [0.15, 0.2) is 0 Å². The summed E-state index contributed by atoms with van der Waals surface area (Å²) < 4.78 is 33.7. The predicted octanol–water partition coefficient (Wildman–Crippen LogP) is 3.43. The Kier molecular flexibility index (Phi) is 7.68. The van der Waals surface area contributed by atoms with Crippen LogP contribution in [0.1, 0.15) is 22.8 Å². The number of anilines is 2. The smallest absolute Gasteiger partial charge is 0.261 e. The fourth-order valence-corrected chi connectivity index (χ4v) is 4.28. The number of amides is 2. The molecule has 0 aliphatic heterocycles. The predicted molar refractivity (Wildman–Crippen MR) is 127 cm³/mol. The summed E-state index contributed by atoms with van der Waals surface area (Å²) in [5, 5.41) is 5.37. The van der Waals surface area contributed by atoms with Gasteiger partial charge in [0.25, 0.3) is 15.9 Å². The van der Waals surface area contributed by atoms with Crippen LogP contribution in [0.25, 0.3) is 0 Å². The molecule has 172 valence electrons. The number of para-hydroxylation sites is 1. The third kappa shape index (κ3) is 6.33. The van der Waals surface area contributed by atoms with Crippen molar-refractivity contribution in [3.63, 3.8) is 0 Å². The minimum Gasteiger partial charge on any atom is -0.495 e. The van der Waals surface area contributed by atoms with Crippen molar-refractivity contribution in [2.24, 2.45) is 0 Å². The van der Waals surface area contributed by atoms with Gasteiger partial charge in [-0.1, -0.05) is 42.5 Å².